The van der Waals surface area contributed by atoms with E-state index in [4.69, 9.17) is 15.6 Å². The molecule has 1 aromatic carbocycles. The van der Waals surface area contributed by atoms with Crippen molar-refractivity contribution in [3.05, 3.63) is 29.3 Å². The number of anilines is 1. The summed E-state index contributed by atoms with van der Waals surface area (Å²) >= 11 is 0. The van der Waals surface area contributed by atoms with Crippen molar-refractivity contribution in [3.8, 4) is 0 Å². The maximum atomic E-state index is 10.7. The van der Waals surface area contributed by atoms with Gasteiger partial charge in [-0.25, -0.2) is 4.79 Å². The second-order valence-electron chi connectivity index (χ2n) is 2.93. The Morgan fingerprint density at radius 3 is 2.86 bits per heavy atom. The zero-order chi connectivity index (χ0) is 10.6. The van der Waals surface area contributed by atoms with Crippen LogP contribution in [0.2, 0.25) is 0 Å². The van der Waals surface area contributed by atoms with Crippen LogP contribution in [0.25, 0.3) is 0 Å². The summed E-state index contributed by atoms with van der Waals surface area (Å²) < 4.78 is 4.90. The standard InChI is InChI=1S/C10H13NO3/c1-14-6-5-7-3-2-4-8(9(7)11)10(12)13/h2-4H,5-6,11H2,1H3,(H,12,13). The molecule has 0 bridgehead atoms. The lowest BCUT2D eigenvalue weighted by molar-refractivity contribution is 0.0698. The van der Waals surface area contributed by atoms with Crippen molar-refractivity contribution in [1.82, 2.24) is 0 Å². The molecule has 0 spiro atoms. The molecule has 0 amide bonds. The molecule has 0 aliphatic rings. The molecule has 1 rings (SSSR count). The minimum Gasteiger partial charge on any atom is -0.478 e. The van der Waals surface area contributed by atoms with Crippen LogP contribution in [-0.4, -0.2) is 24.8 Å². The van der Waals surface area contributed by atoms with Crippen molar-refractivity contribution in [3.63, 3.8) is 0 Å². The van der Waals surface area contributed by atoms with E-state index in [1.165, 1.54) is 6.07 Å². The van der Waals surface area contributed by atoms with Gasteiger partial charge in [0.15, 0.2) is 0 Å². The topological polar surface area (TPSA) is 72.5 Å². The van der Waals surface area contributed by atoms with Gasteiger partial charge in [0.25, 0.3) is 0 Å². The van der Waals surface area contributed by atoms with Gasteiger partial charge in [-0.3, -0.25) is 0 Å². The van der Waals surface area contributed by atoms with Gasteiger partial charge in [-0.15, -0.1) is 0 Å². The third-order valence-corrected chi connectivity index (χ3v) is 2.00. The molecular weight excluding hydrogens is 182 g/mol. The molecule has 0 atom stereocenters. The van der Waals surface area contributed by atoms with E-state index in [0.29, 0.717) is 18.7 Å². The monoisotopic (exact) mass is 195 g/mol. The Morgan fingerprint density at radius 2 is 2.29 bits per heavy atom. The molecule has 14 heavy (non-hydrogen) atoms. The number of carboxylic acid groups (broad SMARTS) is 1. The van der Waals surface area contributed by atoms with Crippen molar-refractivity contribution in [1.29, 1.82) is 0 Å². The normalized spacial score (nSPS) is 10.1. The van der Waals surface area contributed by atoms with E-state index in [9.17, 15) is 4.79 Å². The number of benzene rings is 1. The van der Waals surface area contributed by atoms with Gasteiger partial charge in [0.05, 0.1) is 12.2 Å². The van der Waals surface area contributed by atoms with Gasteiger partial charge in [0, 0.05) is 12.8 Å². The smallest absolute Gasteiger partial charge is 0.337 e. The fraction of sp³-hybridized carbons (Fsp3) is 0.300. The molecule has 0 unspecified atom stereocenters. The fourth-order valence-corrected chi connectivity index (χ4v) is 1.23. The highest BCUT2D eigenvalue weighted by atomic mass is 16.5. The second kappa shape index (κ2) is 4.62. The SMILES string of the molecule is COCCc1cccc(C(=O)O)c1N. The lowest BCUT2D eigenvalue weighted by Crippen LogP contribution is -2.06. The van der Waals surface area contributed by atoms with Gasteiger partial charge >= 0.3 is 5.97 Å². The summed E-state index contributed by atoms with van der Waals surface area (Å²) in [6.45, 7) is 0.535. The van der Waals surface area contributed by atoms with Crippen molar-refractivity contribution in [2.24, 2.45) is 0 Å². The van der Waals surface area contributed by atoms with Gasteiger partial charge < -0.3 is 15.6 Å². The van der Waals surface area contributed by atoms with Gasteiger partial charge in [0.2, 0.25) is 0 Å². The number of rotatable bonds is 4. The van der Waals surface area contributed by atoms with Crippen LogP contribution in [-0.2, 0) is 11.2 Å². The van der Waals surface area contributed by atoms with Crippen molar-refractivity contribution in [2.75, 3.05) is 19.5 Å². The summed E-state index contributed by atoms with van der Waals surface area (Å²) in [6, 6.07) is 4.99. The lowest BCUT2D eigenvalue weighted by atomic mass is 10.1. The highest BCUT2D eigenvalue weighted by Crippen LogP contribution is 2.17. The van der Waals surface area contributed by atoms with E-state index >= 15 is 0 Å². The first-order valence-electron chi connectivity index (χ1n) is 4.26. The summed E-state index contributed by atoms with van der Waals surface area (Å²) in [7, 11) is 1.59. The summed E-state index contributed by atoms with van der Waals surface area (Å²) in [5, 5.41) is 8.80. The molecule has 0 heterocycles. The average molecular weight is 195 g/mol. The van der Waals surface area contributed by atoms with Gasteiger partial charge in [-0.1, -0.05) is 12.1 Å². The molecule has 0 radical (unpaired) electrons. The van der Waals surface area contributed by atoms with Crippen LogP contribution in [0.1, 0.15) is 15.9 Å². The highest BCUT2D eigenvalue weighted by molar-refractivity contribution is 5.94. The Balaban J connectivity index is 2.95. The lowest BCUT2D eigenvalue weighted by Gasteiger charge is -2.07. The third kappa shape index (κ3) is 2.23. The molecule has 0 aromatic heterocycles. The van der Waals surface area contributed by atoms with E-state index in [1.54, 1.807) is 19.2 Å². The molecular formula is C10H13NO3. The number of aromatic carboxylic acids is 1. The van der Waals surface area contributed by atoms with Crippen LogP contribution >= 0.6 is 0 Å². The molecule has 76 valence electrons. The van der Waals surface area contributed by atoms with E-state index in [1.807, 2.05) is 0 Å². The van der Waals surface area contributed by atoms with Gasteiger partial charge in [-0.05, 0) is 18.1 Å². The fourth-order valence-electron chi connectivity index (χ4n) is 1.23. The Kier molecular flexibility index (Phi) is 3.48. The average Bonchev–Trinajstić information content (AvgIpc) is 2.16. The Hall–Kier alpha value is -1.55. The first-order chi connectivity index (χ1) is 6.66. The minimum atomic E-state index is -0.998. The number of ether oxygens (including phenoxy) is 1. The highest BCUT2D eigenvalue weighted by Gasteiger charge is 2.10. The van der Waals surface area contributed by atoms with Crippen LogP contribution in [0.15, 0.2) is 18.2 Å². The molecule has 4 nitrogen and oxygen atoms in total. The summed E-state index contributed by atoms with van der Waals surface area (Å²) in [5.41, 5.74) is 6.98. The van der Waals surface area contributed by atoms with Crippen LogP contribution in [0.5, 0.6) is 0 Å². The maximum Gasteiger partial charge on any atom is 0.337 e. The first-order valence-corrected chi connectivity index (χ1v) is 4.26. The van der Waals surface area contributed by atoms with Crippen LogP contribution in [0.4, 0.5) is 5.69 Å². The van der Waals surface area contributed by atoms with Crippen LogP contribution < -0.4 is 5.73 Å². The summed E-state index contributed by atoms with van der Waals surface area (Å²) in [4.78, 5) is 10.7. The predicted octanol–water partition coefficient (Wildman–Crippen LogP) is 1.16. The maximum absolute atomic E-state index is 10.7. The van der Waals surface area contributed by atoms with Gasteiger partial charge in [-0.2, -0.15) is 0 Å². The Morgan fingerprint density at radius 1 is 1.57 bits per heavy atom. The summed E-state index contributed by atoms with van der Waals surface area (Å²) in [6.07, 6.45) is 0.628. The third-order valence-electron chi connectivity index (χ3n) is 2.00. The number of hydrogen-bond acceptors (Lipinski definition) is 3. The number of carboxylic acids is 1. The molecule has 1 aromatic rings. The molecule has 0 saturated heterocycles. The van der Waals surface area contributed by atoms with E-state index < -0.39 is 5.97 Å². The number of carbonyl (C=O) groups is 1. The predicted molar refractivity (Wildman–Crippen MR) is 53.4 cm³/mol. The Bertz CT molecular complexity index is 336. The summed E-state index contributed by atoms with van der Waals surface area (Å²) in [5.74, 6) is -0.998. The van der Waals surface area contributed by atoms with Crippen molar-refractivity contribution in [2.45, 2.75) is 6.42 Å². The molecule has 0 aliphatic heterocycles. The van der Waals surface area contributed by atoms with E-state index in [-0.39, 0.29) is 5.56 Å². The number of para-hydroxylation sites is 1. The van der Waals surface area contributed by atoms with Gasteiger partial charge in [0.1, 0.15) is 0 Å². The quantitative estimate of drug-likeness (QED) is 0.707. The number of hydrogen-bond donors (Lipinski definition) is 2. The largest absolute Gasteiger partial charge is 0.478 e. The van der Waals surface area contributed by atoms with Crippen LogP contribution in [0.3, 0.4) is 0 Å². The Labute approximate surface area is 82.3 Å². The molecule has 0 fully saturated rings. The molecule has 4 heteroatoms. The van der Waals surface area contributed by atoms with Crippen molar-refractivity contribution >= 4 is 11.7 Å². The van der Waals surface area contributed by atoms with Crippen molar-refractivity contribution < 1.29 is 14.6 Å². The number of methoxy groups -OCH3 is 1. The van der Waals surface area contributed by atoms with E-state index in [0.717, 1.165) is 5.56 Å². The van der Waals surface area contributed by atoms with Crippen LogP contribution in [0, 0.1) is 0 Å². The van der Waals surface area contributed by atoms with E-state index in [2.05, 4.69) is 0 Å². The molecule has 0 saturated carbocycles. The zero-order valence-electron chi connectivity index (χ0n) is 7.99. The first kappa shape index (κ1) is 10.5. The zero-order valence-corrected chi connectivity index (χ0v) is 7.99. The number of nitrogens with two attached hydrogens (primary N) is 1. The molecule has 0 aliphatic carbocycles. The molecule has 3 N–H and O–H groups in total. The second-order valence-corrected chi connectivity index (χ2v) is 2.93. The minimum absolute atomic E-state index is 0.151. The number of nitrogen functional groups attached to an aromatic ring is 1.